The number of esters is 1. The highest BCUT2D eigenvalue weighted by Crippen LogP contribution is 2.30. The minimum atomic E-state index is -3.85. The molecule has 0 aromatic heterocycles. The predicted molar refractivity (Wildman–Crippen MR) is 105 cm³/mol. The molecular weight excluding hydrogens is 481 g/mol. The van der Waals surface area contributed by atoms with E-state index in [1.165, 1.54) is 28.6 Å². The number of ether oxygens (including phenoxy) is 2. The van der Waals surface area contributed by atoms with Gasteiger partial charge in [-0.15, -0.1) is 0 Å². The van der Waals surface area contributed by atoms with Crippen molar-refractivity contribution in [2.75, 3.05) is 26.3 Å². The maximum Gasteiger partial charge on any atom is 0.343 e. The number of benzene rings is 2. The first-order chi connectivity index (χ1) is 12.8. The Morgan fingerprint density at radius 2 is 1.81 bits per heavy atom. The van der Waals surface area contributed by atoms with Crippen molar-refractivity contribution in [2.45, 2.75) is 4.90 Å². The molecule has 1 aliphatic heterocycles. The molecule has 1 heterocycles. The van der Waals surface area contributed by atoms with Crippen LogP contribution < -0.4 is 4.74 Å². The molecule has 3 rings (SSSR count). The van der Waals surface area contributed by atoms with Gasteiger partial charge in [-0.05, 0) is 52.3 Å². The van der Waals surface area contributed by atoms with E-state index in [4.69, 9.17) is 32.7 Å². The summed E-state index contributed by atoms with van der Waals surface area (Å²) in [6.07, 6.45) is 0. The third-order valence-corrected chi connectivity index (χ3v) is 7.09. The minimum Gasteiger partial charge on any atom is -0.422 e. The largest absolute Gasteiger partial charge is 0.422 e. The summed E-state index contributed by atoms with van der Waals surface area (Å²) in [7, 11) is -3.85. The molecule has 0 aliphatic carbocycles. The van der Waals surface area contributed by atoms with E-state index >= 15 is 0 Å². The molecule has 0 unspecified atom stereocenters. The summed E-state index contributed by atoms with van der Waals surface area (Å²) in [6.45, 7) is 1.07. The molecule has 27 heavy (non-hydrogen) atoms. The Hall–Kier alpha value is -1.16. The quantitative estimate of drug-likeness (QED) is 0.474. The van der Waals surface area contributed by atoms with Crippen LogP contribution in [0.25, 0.3) is 0 Å². The molecule has 1 saturated heterocycles. The second-order valence-electron chi connectivity index (χ2n) is 5.63. The monoisotopic (exact) mass is 493 g/mol. The second-order valence-corrected chi connectivity index (χ2v) is 9.23. The van der Waals surface area contributed by atoms with Crippen LogP contribution in [0.5, 0.6) is 5.75 Å². The number of nitrogens with zero attached hydrogens (tertiary/aromatic N) is 1. The van der Waals surface area contributed by atoms with E-state index in [-0.39, 0.29) is 34.3 Å². The molecule has 10 heteroatoms. The predicted octanol–water partition coefficient (Wildman–Crippen LogP) is 4.00. The van der Waals surface area contributed by atoms with Crippen molar-refractivity contribution >= 4 is 55.1 Å². The Bertz CT molecular complexity index is 977. The van der Waals surface area contributed by atoms with Crippen molar-refractivity contribution in [1.82, 2.24) is 4.31 Å². The van der Waals surface area contributed by atoms with Crippen molar-refractivity contribution in [3.8, 4) is 5.75 Å². The summed E-state index contributed by atoms with van der Waals surface area (Å²) in [6, 6.07) is 8.69. The highest BCUT2D eigenvalue weighted by molar-refractivity contribution is 9.10. The van der Waals surface area contributed by atoms with Crippen molar-refractivity contribution in [1.29, 1.82) is 0 Å². The molecule has 6 nitrogen and oxygen atoms in total. The first-order valence-corrected chi connectivity index (χ1v) is 10.8. The van der Waals surface area contributed by atoms with Gasteiger partial charge in [0.2, 0.25) is 10.0 Å². The van der Waals surface area contributed by atoms with Crippen LogP contribution in [0.2, 0.25) is 10.0 Å². The van der Waals surface area contributed by atoms with Crippen LogP contribution in [-0.2, 0) is 14.8 Å². The lowest BCUT2D eigenvalue weighted by Crippen LogP contribution is -2.40. The van der Waals surface area contributed by atoms with Gasteiger partial charge in [-0.25, -0.2) is 13.2 Å². The number of rotatable bonds is 4. The Balaban J connectivity index is 1.89. The van der Waals surface area contributed by atoms with E-state index in [0.29, 0.717) is 22.7 Å². The zero-order chi connectivity index (χ0) is 19.6. The number of carbonyl (C=O) groups is 1. The van der Waals surface area contributed by atoms with Crippen LogP contribution in [-0.4, -0.2) is 45.0 Å². The zero-order valence-electron chi connectivity index (χ0n) is 13.8. The number of morpholine rings is 1. The van der Waals surface area contributed by atoms with Gasteiger partial charge in [0, 0.05) is 18.1 Å². The minimum absolute atomic E-state index is 0.0331. The molecule has 0 bridgehead atoms. The Labute approximate surface area is 175 Å². The van der Waals surface area contributed by atoms with Crippen LogP contribution >= 0.6 is 39.1 Å². The number of hydrogen-bond donors (Lipinski definition) is 0. The number of sulfonamides is 1. The van der Waals surface area contributed by atoms with Gasteiger partial charge in [0.1, 0.15) is 10.6 Å². The van der Waals surface area contributed by atoms with E-state index in [9.17, 15) is 13.2 Å². The van der Waals surface area contributed by atoms with Crippen LogP contribution in [0, 0.1) is 0 Å². The lowest BCUT2D eigenvalue weighted by molar-refractivity contribution is 0.0727. The summed E-state index contributed by atoms with van der Waals surface area (Å²) in [4.78, 5) is 12.3. The Morgan fingerprint density at radius 1 is 1.11 bits per heavy atom. The maximum absolute atomic E-state index is 12.8. The fourth-order valence-electron chi connectivity index (χ4n) is 2.47. The molecule has 1 aliphatic rings. The fourth-order valence-corrected chi connectivity index (χ4v) is 5.14. The van der Waals surface area contributed by atoms with E-state index in [2.05, 4.69) is 15.9 Å². The molecule has 2 aromatic carbocycles. The van der Waals surface area contributed by atoms with E-state index in [0.717, 1.165) is 0 Å². The number of halogens is 3. The van der Waals surface area contributed by atoms with Crippen LogP contribution in [0.3, 0.4) is 0 Å². The van der Waals surface area contributed by atoms with Gasteiger partial charge in [-0.2, -0.15) is 4.31 Å². The molecule has 144 valence electrons. The van der Waals surface area contributed by atoms with Gasteiger partial charge < -0.3 is 9.47 Å². The molecule has 0 amide bonds. The molecular formula is C17H14BrCl2NO5S. The topological polar surface area (TPSA) is 72.9 Å². The summed E-state index contributed by atoms with van der Waals surface area (Å²) in [5.41, 5.74) is 0.0630. The molecule has 0 atom stereocenters. The Morgan fingerprint density at radius 3 is 2.48 bits per heavy atom. The third-order valence-electron chi connectivity index (χ3n) is 3.85. The van der Waals surface area contributed by atoms with Gasteiger partial charge in [0.15, 0.2) is 0 Å². The molecule has 0 N–H and O–H groups in total. The van der Waals surface area contributed by atoms with Gasteiger partial charge >= 0.3 is 5.97 Å². The average Bonchev–Trinajstić information content (AvgIpc) is 2.65. The summed E-state index contributed by atoms with van der Waals surface area (Å²) in [5, 5.41) is 0.512. The van der Waals surface area contributed by atoms with Crippen molar-refractivity contribution in [3.63, 3.8) is 0 Å². The SMILES string of the molecule is O=C(Oc1ccc(Cl)cc1Br)c1ccc(Cl)c(S(=O)(=O)N2CCOCC2)c1. The average molecular weight is 495 g/mol. The highest BCUT2D eigenvalue weighted by atomic mass is 79.9. The molecule has 2 aromatic rings. The van der Waals surface area contributed by atoms with Crippen LogP contribution in [0.4, 0.5) is 0 Å². The standard InChI is InChI=1S/C17H14BrCl2NO5S/c18-13-10-12(19)2-4-15(13)26-17(22)11-1-3-14(20)16(9-11)27(23,24)21-5-7-25-8-6-21/h1-4,9-10H,5-8H2. The fraction of sp³-hybridized carbons (Fsp3) is 0.235. The summed E-state index contributed by atoms with van der Waals surface area (Å²) in [5.74, 6) is -0.454. The molecule has 0 radical (unpaired) electrons. The smallest absolute Gasteiger partial charge is 0.343 e. The van der Waals surface area contributed by atoms with Gasteiger partial charge in [-0.1, -0.05) is 23.2 Å². The third kappa shape index (κ3) is 4.64. The van der Waals surface area contributed by atoms with Gasteiger partial charge in [0.25, 0.3) is 0 Å². The first kappa shape index (κ1) is 20.6. The first-order valence-electron chi connectivity index (χ1n) is 7.84. The van der Waals surface area contributed by atoms with Crippen LogP contribution in [0.15, 0.2) is 45.8 Å². The lowest BCUT2D eigenvalue weighted by atomic mass is 10.2. The van der Waals surface area contributed by atoms with Gasteiger partial charge in [-0.3, -0.25) is 0 Å². The van der Waals surface area contributed by atoms with Crippen molar-refractivity contribution < 1.29 is 22.7 Å². The number of carbonyl (C=O) groups excluding carboxylic acids is 1. The molecule has 1 fully saturated rings. The summed E-state index contributed by atoms with van der Waals surface area (Å²) < 4.78 is 38.0. The highest BCUT2D eigenvalue weighted by Gasteiger charge is 2.29. The summed E-state index contributed by atoms with van der Waals surface area (Å²) >= 11 is 15.2. The number of hydrogen-bond acceptors (Lipinski definition) is 5. The van der Waals surface area contributed by atoms with E-state index in [1.54, 1.807) is 12.1 Å². The molecule has 0 saturated carbocycles. The Kier molecular flexibility index (Phi) is 6.45. The van der Waals surface area contributed by atoms with E-state index < -0.39 is 16.0 Å². The lowest BCUT2D eigenvalue weighted by Gasteiger charge is -2.26. The maximum atomic E-state index is 12.8. The molecule has 0 spiro atoms. The zero-order valence-corrected chi connectivity index (χ0v) is 17.7. The van der Waals surface area contributed by atoms with Crippen molar-refractivity contribution in [3.05, 3.63) is 56.5 Å². The van der Waals surface area contributed by atoms with E-state index in [1.807, 2.05) is 0 Å². The van der Waals surface area contributed by atoms with Crippen molar-refractivity contribution in [2.24, 2.45) is 0 Å². The van der Waals surface area contributed by atoms with Gasteiger partial charge in [0.05, 0.1) is 28.3 Å². The van der Waals surface area contributed by atoms with Crippen LogP contribution in [0.1, 0.15) is 10.4 Å². The normalized spacial score (nSPS) is 15.5. The second kappa shape index (κ2) is 8.46.